The summed E-state index contributed by atoms with van der Waals surface area (Å²) in [5.74, 6) is 0. The summed E-state index contributed by atoms with van der Waals surface area (Å²) < 4.78 is 2.39. The summed E-state index contributed by atoms with van der Waals surface area (Å²) in [5.41, 5.74) is 1.29. The first-order valence-electron chi connectivity index (χ1n) is 9.01. The Hall–Kier alpha value is -2.01. The van der Waals surface area contributed by atoms with Gasteiger partial charge in [0.05, 0.1) is 6.17 Å². The predicted molar refractivity (Wildman–Crippen MR) is 95.9 cm³/mol. The van der Waals surface area contributed by atoms with E-state index >= 15 is 0 Å². The summed E-state index contributed by atoms with van der Waals surface area (Å²) in [6.45, 7) is 6.79. The zero-order chi connectivity index (χ0) is 16.7. The third kappa shape index (κ3) is 2.57. The Morgan fingerprint density at radius 3 is 2.79 bits per heavy atom. The van der Waals surface area contributed by atoms with Crippen LogP contribution in [-0.2, 0) is 0 Å². The number of amides is 2. The third-order valence-corrected chi connectivity index (χ3v) is 5.45. The molecule has 5 nitrogen and oxygen atoms in total. The molecule has 1 aromatic heterocycles. The molecule has 1 aromatic carbocycles. The Labute approximate surface area is 143 Å². The molecule has 0 bridgehead atoms. The number of hydrogen-bond acceptors (Lipinski definition) is 2. The van der Waals surface area contributed by atoms with Crippen molar-refractivity contribution >= 4 is 16.9 Å². The van der Waals surface area contributed by atoms with Crippen LogP contribution in [0.1, 0.15) is 32.7 Å². The van der Waals surface area contributed by atoms with Gasteiger partial charge in [-0.15, -0.1) is 0 Å². The fraction of sp³-hybridized carbons (Fsp3) is 0.526. The van der Waals surface area contributed by atoms with Crippen LogP contribution >= 0.6 is 0 Å². The summed E-state index contributed by atoms with van der Waals surface area (Å²) in [6, 6.07) is 11.6. The number of carbonyl (C=O) groups is 1. The van der Waals surface area contributed by atoms with Gasteiger partial charge in [-0.05, 0) is 44.3 Å². The number of hydrogen-bond donors (Lipinski definition) is 1. The van der Waals surface area contributed by atoms with Crippen molar-refractivity contribution in [2.75, 3.05) is 19.6 Å². The maximum absolute atomic E-state index is 12.7. The number of rotatable bonds is 3. The SMILES string of the molecule is CC(C)N1CCN(C2CC(n3ccc4ccccc43)CCN2)C1=O. The zero-order valence-electron chi connectivity index (χ0n) is 14.5. The summed E-state index contributed by atoms with van der Waals surface area (Å²) >= 11 is 0. The van der Waals surface area contributed by atoms with E-state index in [0.717, 1.165) is 32.5 Å². The Bertz CT molecular complexity index is 738. The quantitative estimate of drug-likeness (QED) is 0.942. The van der Waals surface area contributed by atoms with E-state index in [2.05, 4.69) is 60.3 Å². The molecule has 1 N–H and O–H groups in total. The number of para-hydroxylation sites is 1. The lowest BCUT2D eigenvalue weighted by molar-refractivity contribution is 0.136. The minimum absolute atomic E-state index is 0.140. The molecule has 24 heavy (non-hydrogen) atoms. The number of piperidine rings is 1. The van der Waals surface area contributed by atoms with Gasteiger partial charge in [-0.2, -0.15) is 0 Å². The second kappa shape index (κ2) is 6.13. The monoisotopic (exact) mass is 326 g/mol. The number of urea groups is 1. The molecule has 5 heteroatoms. The maximum atomic E-state index is 12.7. The average Bonchev–Trinajstić information content (AvgIpc) is 3.18. The van der Waals surface area contributed by atoms with Gasteiger partial charge in [0.15, 0.2) is 0 Å². The van der Waals surface area contributed by atoms with E-state index in [4.69, 9.17) is 0 Å². The Kier molecular flexibility index (Phi) is 3.96. The molecule has 4 rings (SSSR count). The van der Waals surface area contributed by atoms with Crippen molar-refractivity contribution in [1.29, 1.82) is 0 Å². The molecule has 2 atom stereocenters. The molecular weight excluding hydrogens is 300 g/mol. The Morgan fingerprint density at radius 2 is 2.00 bits per heavy atom. The van der Waals surface area contributed by atoms with Gasteiger partial charge in [-0.25, -0.2) is 4.79 Å². The lowest BCUT2D eigenvalue weighted by Gasteiger charge is -2.37. The molecule has 0 radical (unpaired) electrons. The minimum Gasteiger partial charge on any atom is -0.344 e. The van der Waals surface area contributed by atoms with E-state index in [1.54, 1.807) is 0 Å². The smallest absolute Gasteiger partial charge is 0.321 e. The van der Waals surface area contributed by atoms with Crippen LogP contribution in [0, 0.1) is 0 Å². The number of benzene rings is 1. The van der Waals surface area contributed by atoms with Crippen LogP contribution in [0.15, 0.2) is 36.5 Å². The summed E-state index contributed by atoms with van der Waals surface area (Å²) in [7, 11) is 0. The molecule has 0 spiro atoms. The lowest BCUT2D eigenvalue weighted by atomic mass is 10.0. The summed E-state index contributed by atoms with van der Waals surface area (Å²) in [6.07, 6.45) is 4.41. The van der Waals surface area contributed by atoms with Crippen LogP contribution < -0.4 is 5.32 Å². The minimum atomic E-state index is 0.140. The molecule has 2 unspecified atom stereocenters. The van der Waals surface area contributed by atoms with Crippen molar-refractivity contribution in [2.24, 2.45) is 0 Å². The van der Waals surface area contributed by atoms with Gasteiger partial charge in [0.25, 0.3) is 0 Å². The molecule has 0 aliphatic carbocycles. The molecule has 2 saturated heterocycles. The van der Waals surface area contributed by atoms with Gasteiger partial charge in [-0.1, -0.05) is 18.2 Å². The second-order valence-electron chi connectivity index (χ2n) is 7.19. The number of carbonyl (C=O) groups excluding carboxylic acids is 1. The first-order valence-corrected chi connectivity index (χ1v) is 9.01. The van der Waals surface area contributed by atoms with Crippen LogP contribution in [0.5, 0.6) is 0 Å². The second-order valence-corrected chi connectivity index (χ2v) is 7.19. The van der Waals surface area contributed by atoms with Crippen LogP contribution in [-0.4, -0.2) is 52.2 Å². The lowest BCUT2D eigenvalue weighted by Crippen LogP contribution is -2.52. The third-order valence-electron chi connectivity index (χ3n) is 5.45. The normalized spacial score (nSPS) is 25.2. The van der Waals surface area contributed by atoms with Gasteiger partial charge in [0.1, 0.15) is 0 Å². The van der Waals surface area contributed by atoms with Crippen LogP contribution in [0.4, 0.5) is 4.79 Å². The molecule has 0 saturated carbocycles. The number of nitrogens with one attached hydrogen (secondary N) is 1. The van der Waals surface area contributed by atoms with Gasteiger partial charge < -0.3 is 14.4 Å². The van der Waals surface area contributed by atoms with E-state index < -0.39 is 0 Å². The maximum Gasteiger partial charge on any atom is 0.321 e. The summed E-state index contributed by atoms with van der Waals surface area (Å²) in [4.78, 5) is 16.7. The predicted octanol–water partition coefficient (Wildman–Crippen LogP) is 3.04. The largest absolute Gasteiger partial charge is 0.344 e. The van der Waals surface area contributed by atoms with Crippen LogP contribution in [0.25, 0.3) is 10.9 Å². The molecule has 2 aliphatic heterocycles. The fourth-order valence-electron chi connectivity index (χ4n) is 4.13. The van der Waals surface area contributed by atoms with E-state index in [9.17, 15) is 4.79 Å². The van der Waals surface area contributed by atoms with E-state index in [1.807, 2.05) is 9.80 Å². The molecule has 128 valence electrons. The molecule has 2 aromatic rings. The van der Waals surface area contributed by atoms with Gasteiger partial charge >= 0.3 is 6.03 Å². The number of aromatic nitrogens is 1. The first-order chi connectivity index (χ1) is 11.6. The van der Waals surface area contributed by atoms with Crippen molar-refractivity contribution in [3.05, 3.63) is 36.5 Å². The molecule has 2 amide bonds. The van der Waals surface area contributed by atoms with Crippen molar-refractivity contribution in [3.8, 4) is 0 Å². The molecule has 3 heterocycles. The Morgan fingerprint density at radius 1 is 1.17 bits per heavy atom. The van der Waals surface area contributed by atoms with Crippen molar-refractivity contribution in [1.82, 2.24) is 19.7 Å². The first kappa shape index (κ1) is 15.5. The highest BCUT2D eigenvalue weighted by molar-refractivity contribution is 5.80. The topological polar surface area (TPSA) is 40.5 Å². The summed E-state index contributed by atoms with van der Waals surface area (Å²) in [5, 5.41) is 4.84. The Balaban J connectivity index is 1.53. The van der Waals surface area contributed by atoms with E-state index in [-0.39, 0.29) is 18.2 Å². The van der Waals surface area contributed by atoms with Gasteiger partial charge in [-0.3, -0.25) is 5.32 Å². The standard InChI is InChI=1S/C19H26N4O/c1-14(2)21-11-12-23(19(21)24)18-13-16(7-9-20-18)22-10-8-15-5-3-4-6-17(15)22/h3-6,8,10,14,16,18,20H,7,9,11-13H2,1-2H3. The number of fused-ring (bicyclic) bond motifs is 1. The van der Waals surface area contributed by atoms with E-state index in [0.29, 0.717) is 6.04 Å². The number of nitrogens with zero attached hydrogens (tertiary/aromatic N) is 3. The fourth-order valence-corrected chi connectivity index (χ4v) is 4.13. The van der Waals surface area contributed by atoms with Crippen LogP contribution in [0.2, 0.25) is 0 Å². The van der Waals surface area contributed by atoms with Gasteiger partial charge in [0.2, 0.25) is 0 Å². The van der Waals surface area contributed by atoms with Crippen molar-refractivity contribution in [3.63, 3.8) is 0 Å². The highest BCUT2D eigenvalue weighted by Crippen LogP contribution is 2.29. The van der Waals surface area contributed by atoms with Crippen molar-refractivity contribution < 1.29 is 4.79 Å². The molecule has 2 aliphatic rings. The zero-order valence-corrected chi connectivity index (χ0v) is 14.5. The van der Waals surface area contributed by atoms with Crippen molar-refractivity contribution in [2.45, 2.75) is 44.9 Å². The average molecular weight is 326 g/mol. The molecule has 2 fully saturated rings. The van der Waals surface area contributed by atoms with Gasteiger partial charge in [0, 0.05) is 43.3 Å². The highest BCUT2D eigenvalue weighted by atomic mass is 16.2. The van der Waals surface area contributed by atoms with Crippen LogP contribution in [0.3, 0.4) is 0 Å². The highest BCUT2D eigenvalue weighted by Gasteiger charge is 2.37. The van der Waals surface area contributed by atoms with E-state index in [1.165, 1.54) is 10.9 Å². The molecular formula is C19H26N4O.